The molecule has 17 nitrogen and oxygen atoms in total. The van der Waals surface area contributed by atoms with E-state index in [0.29, 0.717) is 37.5 Å². The summed E-state index contributed by atoms with van der Waals surface area (Å²) in [6, 6.07) is 0. The molecule has 0 rings (SSSR count). The second-order valence-electron chi connectivity index (χ2n) is 25.3. The Morgan fingerprint density at radius 2 is 0.621 bits per heavy atom. The Bertz CT molecular complexity index is 1810. The van der Waals surface area contributed by atoms with Gasteiger partial charge in [0.15, 0.2) is 12.2 Å². The second-order valence-corrected chi connectivity index (χ2v) is 28.2. The molecule has 0 radical (unpaired) electrons. The molecule has 0 spiro atoms. The summed E-state index contributed by atoms with van der Waals surface area (Å²) in [7, 11) is -9.91. The van der Waals surface area contributed by atoms with Gasteiger partial charge in [0, 0.05) is 25.7 Å². The van der Waals surface area contributed by atoms with E-state index < -0.39 is 97.5 Å². The molecular weight excluding hydrogens is 1150 g/mol. The van der Waals surface area contributed by atoms with E-state index in [4.69, 9.17) is 37.0 Å². The van der Waals surface area contributed by atoms with Crippen molar-refractivity contribution in [3.05, 3.63) is 24.3 Å². The van der Waals surface area contributed by atoms with Crippen LogP contribution in [0.25, 0.3) is 0 Å². The van der Waals surface area contributed by atoms with Crippen molar-refractivity contribution in [2.45, 2.75) is 330 Å². The Morgan fingerprint density at radius 1 is 0.356 bits per heavy atom. The molecule has 0 aliphatic heterocycles. The monoisotopic (exact) mass is 1280 g/mol. The van der Waals surface area contributed by atoms with Crippen molar-refractivity contribution in [2.75, 3.05) is 39.6 Å². The number of esters is 4. The SMILES string of the molecule is CCCCCC/C=C\C=C/CCCCCCCC(=O)O[C@H](COC(=O)CCCCCCCCCCCCCC(C)C)COP(=O)(O)OC[C@@H](O)COP(=O)(O)OC[C@@H](COC(=O)CCCCCCCCC(C)C)OC(=O)CCCCCCCCC(C)C. The van der Waals surface area contributed by atoms with Gasteiger partial charge >= 0.3 is 39.5 Å². The molecule has 5 atom stereocenters. The number of aliphatic hydroxyl groups excluding tert-OH is 1. The smallest absolute Gasteiger partial charge is 0.462 e. The maximum Gasteiger partial charge on any atom is 0.472 e. The average Bonchev–Trinajstić information content (AvgIpc) is 3.67. The van der Waals surface area contributed by atoms with Gasteiger partial charge in [0.05, 0.1) is 26.4 Å². The number of carbonyl (C=O) groups excluding carboxylic acids is 4. The zero-order chi connectivity index (χ0) is 64.5. The Hall–Kier alpha value is -2.46. The van der Waals surface area contributed by atoms with Crippen LogP contribution in [0.15, 0.2) is 24.3 Å². The molecule has 19 heteroatoms. The quantitative estimate of drug-likeness (QED) is 0.0169. The summed E-state index contributed by atoms with van der Waals surface area (Å²) in [5, 5.41) is 10.6. The molecule has 2 unspecified atom stereocenters. The summed E-state index contributed by atoms with van der Waals surface area (Å²) in [6.45, 7) is 11.6. The minimum atomic E-state index is -4.96. The highest BCUT2D eigenvalue weighted by molar-refractivity contribution is 7.47. The van der Waals surface area contributed by atoms with Crippen LogP contribution < -0.4 is 0 Å². The van der Waals surface area contributed by atoms with Crippen molar-refractivity contribution < 1.29 is 80.2 Å². The molecule has 0 aromatic heterocycles. The van der Waals surface area contributed by atoms with Gasteiger partial charge in [0.1, 0.15) is 19.3 Å². The zero-order valence-corrected chi connectivity index (χ0v) is 57.7. The Morgan fingerprint density at radius 3 is 0.931 bits per heavy atom. The molecule has 0 aromatic carbocycles. The number of aliphatic hydroxyl groups is 1. The summed E-state index contributed by atoms with van der Waals surface area (Å²) in [5.74, 6) is -0.0526. The molecular formula is C68H128O17P2. The van der Waals surface area contributed by atoms with Gasteiger partial charge in [-0.15, -0.1) is 0 Å². The number of hydrogen-bond donors (Lipinski definition) is 3. The van der Waals surface area contributed by atoms with Crippen LogP contribution in [0.4, 0.5) is 0 Å². The van der Waals surface area contributed by atoms with E-state index >= 15 is 0 Å². The van der Waals surface area contributed by atoms with Crippen LogP contribution in [0.5, 0.6) is 0 Å². The first-order chi connectivity index (χ1) is 41.7. The number of unbranched alkanes of at least 4 members (excludes halogenated alkanes) is 29. The molecule has 3 N–H and O–H groups in total. The van der Waals surface area contributed by atoms with Crippen molar-refractivity contribution in [1.82, 2.24) is 0 Å². The fourth-order valence-electron chi connectivity index (χ4n) is 9.65. The van der Waals surface area contributed by atoms with Gasteiger partial charge in [-0.2, -0.15) is 0 Å². The predicted octanol–water partition coefficient (Wildman–Crippen LogP) is 18.6. The van der Waals surface area contributed by atoms with Gasteiger partial charge in [-0.3, -0.25) is 37.3 Å². The summed E-state index contributed by atoms with van der Waals surface area (Å²) in [4.78, 5) is 72.3. The molecule has 0 heterocycles. The first kappa shape index (κ1) is 84.5. The van der Waals surface area contributed by atoms with Gasteiger partial charge in [-0.05, 0) is 69.1 Å². The van der Waals surface area contributed by atoms with Crippen LogP contribution >= 0.6 is 15.6 Å². The van der Waals surface area contributed by atoms with Gasteiger partial charge < -0.3 is 33.8 Å². The molecule has 0 aromatic rings. The predicted molar refractivity (Wildman–Crippen MR) is 349 cm³/mol. The molecule has 0 fully saturated rings. The summed E-state index contributed by atoms with van der Waals surface area (Å²) in [6.07, 6.45) is 44.2. The third-order valence-corrected chi connectivity index (χ3v) is 16.9. The van der Waals surface area contributed by atoms with Crippen molar-refractivity contribution in [3.63, 3.8) is 0 Å². The highest BCUT2D eigenvalue weighted by Gasteiger charge is 2.30. The van der Waals surface area contributed by atoms with Crippen molar-refractivity contribution in [2.24, 2.45) is 17.8 Å². The molecule has 0 bridgehead atoms. The lowest BCUT2D eigenvalue weighted by Crippen LogP contribution is -2.30. The van der Waals surface area contributed by atoms with Crippen molar-refractivity contribution in [1.29, 1.82) is 0 Å². The van der Waals surface area contributed by atoms with Crippen LogP contribution in [0.3, 0.4) is 0 Å². The average molecular weight is 1280 g/mol. The number of rotatable bonds is 64. The molecule has 0 amide bonds. The lowest BCUT2D eigenvalue weighted by molar-refractivity contribution is -0.161. The fourth-order valence-corrected chi connectivity index (χ4v) is 11.2. The first-order valence-electron chi connectivity index (χ1n) is 34.7. The normalized spacial score (nSPS) is 14.4. The summed E-state index contributed by atoms with van der Waals surface area (Å²) >= 11 is 0. The largest absolute Gasteiger partial charge is 0.472 e. The highest BCUT2D eigenvalue weighted by atomic mass is 31.2. The minimum Gasteiger partial charge on any atom is -0.462 e. The number of allylic oxidation sites excluding steroid dienone is 4. The number of carbonyl (C=O) groups is 4. The van der Waals surface area contributed by atoms with Crippen LogP contribution in [0.2, 0.25) is 0 Å². The minimum absolute atomic E-state index is 0.0841. The van der Waals surface area contributed by atoms with Gasteiger partial charge in [-0.1, -0.05) is 259 Å². The lowest BCUT2D eigenvalue weighted by atomic mass is 10.0. The fraction of sp³-hybridized carbons (Fsp3) is 0.882. The van der Waals surface area contributed by atoms with E-state index in [0.717, 1.165) is 115 Å². The molecule has 0 saturated heterocycles. The summed E-state index contributed by atoms with van der Waals surface area (Å²) < 4.78 is 68.1. The number of phosphoric acid groups is 2. The van der Waals surface area contributed by atoms with Crippen molar-refractivity contribution >= 4 is 39.5 Å². The number of phosphoric ester groups is 2. The lowest BCUT2D eigenvalue weighted by Gasteiger charge is -2.21. The van der Waals surface area contributed by atoms with Crippen molar-refractivity contribution in [3.8, 4) is 0 Å². The first-order valence-corrected chi connectivity index (χ1v) is 37.7. The Balaban J connectivity index is 5.27. The summed E-state index contributed by atoms with van der Waals surface area (Å²) in [5.41, 5.74) is 0. The topological polar surface area (TPSA) is 237 Å². The number of hydrogen-bond acceptors (Lipinski definition) is 15. The van der Waals surface area contributed by atoms with Crippen LogP contribution in [0, 0.1) is 17.8 Å². The third kappa shape index (κ3) is 62.1. The standard InChI is InChI=1S/C68H128O17P2/c1-8-9-10-11-12-13-14-15-16-17-20-24-27-37-44-51-67(72)84-63(55-78-65(70)49-42-35-26-23-21-18-19-22-25-32-39-46-59(2)3)57-82-86(74,75)80-53-62(69)54-81-87(76,77)83-58-64(85-68(73)52-45-38-31-29-34-41-48-61(6)7)56-79-66(71)50-43-36-30-28-33-40-47-60(4)5/h13-16,59-64,69H,8-12,17-58H2,1-7H3,(H,74,75)(H,76,77)/b14-13-,16-15-/t62-,63-,64-/m1/s1. The Labute approximate surface area is 529 Å². The van der Waals surface area contributed by atoms with Gasteiger partial charge in [0.25, 0.3) is 0 Å². The van der Waals surface area contributed by atoms with Gasteiger partial charge in [0.2, 0.25) is 0 Å². The zero-order valence-electron chi connectivity index (χ0n) is 56.0. The maximum atomic E-state index is 13.0. The molecule has 0 saturated carbocycles. The van der Waals surface area contributed by atoms with E-state index in [-0.39, 0.29) is 25.7 Å². The molecule has 512 valence electrons. The molecule has 0 aliphatic carbocycles. The highest BCUT2D eigenvalue weighted by Crippen LogP contribution is 2.45. The van der Waals surface area contributed by atoms with E-state index in [2.05, 4.69) is 72.8 Å². The molecule has 0 aliphatic rings. The van der Waals surface area contributed by atoms with E-state index in [9.17, 15) is 43.2 Å². The van der Waals surface area contributed by atoms with Gasteiger partial charge in [-0.25, -0.2) is 9.13 Å². The maximum absolute atomic E-state index is 13.0. The van der Waals surface area contributed by atoms with E-state index in [1.807, 2.05) is 0 Å². The third-order valence-electron chi connectivity index (χ3n) is 15.0. The van der Waals surface area contributed by atoms with E-state index in [1.54, 1.807) is 0 Å². The Kier molecular flexibility index (Phi) is 57.0. The van der Waals surface area contributed by atoms with Crippen LogP contribution in [0.1, 0.15) is 312 Å². The second kappa shape index (κ2) is 58.6. The number of ether oxygens (including phenoxy) is 4. The van der Waals surface area contributed by atoms with Crippen LogP contribution in [-0.4, -0.2) is 96.7 Å². The molecule has 87 heavy (non-hydrogen) atoms. The van der Waals surface area contributed by atoms with Crippen LogP contribution in [-0.2, 0) is 65.4 Å². The van der Waals surface area contributed by atoms with E-state index in [1.165, 1.54) is 103 Å².